The fourth-order valence-electron chi connectivity index (χ4n) is 1.64. The zero-order valence-electron chi connectivity index (χ0n) is 11.4. The molecule has 0 bridgehead atoms. The van der Waals surface area contributed by atoms with Crippen molar-refractivity contribution in [1.82, 2.24) is 4.90 Å². The summed E-state index contributed by atoms with van der Waals surface area (Å²) in [5, 5.41) is 20.2. The molecule has 8 nitrogen and oxygen atoms in total. The average molecular weight is 282 g/mol. The third-order valence-electron chi connectivity index (χ3n) is 2.82. The Kier molecular flexibility index (Phi) is 5.42. The molecule has 0 fully saturated rings. The van der Waals surface area contributed by atoms with E-state index in [-0.39, 0.29) is 11.3 Å². The van der Waals surface area contributed by atoms with Gasteiger partial charge in [-0.15, -0.1) is 0 Å². The normalized spacial score (nSPS) is 11.8. The number of nitro groups is 1. The lowest BCUT2D eigenvalue weighted by Crippen LogP contribution is -2.30. The summed E-state index contributed by atoms with van der Waals surface area (Å²) in [6, 6.07) is 3.98. The minimum Gasteiger partial charge on any atom is -0.393 e. The first-order chi connectivity index (χ1) is 9.36. The van der Waals surface area contributed by atoms with Crippen LogP contribution in [0.2, 0.25) is 0 Å². The largest absolute Gasteiger partial charge is 0.393 e. The number of nitro benzene ring substituents is 1. The van der Waals surface area contributed by atoms with E-state index in [4.69, 9.17) is 5.84 Å². The van der Waals surface area contributed by atoms with Crippen molar-refractivity contribution in [2.24, 2.45) is 5.84 Å². The van der Waals surface area contributed by atoms with Crippen LogP contribution in [-0.2, 0) is 0 Å². The Balaban J connectivity index is 3.03. The molecule has 1 amide bonds. The Morgan fingerprint density at radius 3 is 2.75 bits per heavy atom. The number of rotatable bonds is 6. The molecular formula is C12H18N4O4. The van der Waals surface area contributed by atoms with Crippen LogP contribution in [0.25, 0.3) is 0 Å². The number of carbonyl (C=O) groups excluding carboxylic acids is 1. The lowest BCUT2D eigenvalue weighted by Gasteiger charge is -2.18. The molecule has 110 valence electrons. The zero-order chi connectivity index (χ0) is 15.3. The van der Waals surface area contributed by atoms with Crippen LogP contribution >= 0.6 is 0 Å². The number of carbonyl (C=O) groups is 1. The first-order valence-electron chi connectivity index (χ1n) is 6.05. The molecule has 8 heteroatoms. The topological polar surface area (TPSA) is 122 Å². The molecule has 0 radical (unpaired) electrons. The summed E-state index contributed by atoms with van der Waals surface area (Å²) in [7, 11) is 1.52. The van der Waals surface area contributed by atoms with E-state index in [1.54, 1.807) is 6.92 Å². The van der Waals surface area contributed by atoms with E-state index in [2.05, 4.69) is 5.43 Å². The highest BCUT2D eigenvalue weighted by atomic mass is 16.6. The zero-order valence-corrected chi connectivity index (χ0v) is 11.4. The number of aliphatic hydroxyl groups is 1. The Labute approximate surface area is 116 Å². The molecule has 0 aliphatic heterocycles. The summed E-state index contributed by atoms with van der Waals surface area (Å²) in [6.07, 6.45) is -0.150. The van der Waals surface area contributed by atoms with E-state index in [1.165, 1.54) is 30.1 Å². The highest BCUT2D eigenvalue weighted by Crippen LogP contribution is 2.23. The van der Waals surface area contributed by atoms with Crippen LogP contribution in [0.1, 0.15) is 23.7 Å². The van der Waals surface area contributed by atoms with Crippen LogP contribution in [-0.4, -0.2) is 40.5 Å². The quantitative estimate of drug-likeness (QED) is 0.401. The number of hydrazine groups is 1. The predicted octanol–water partition coefficient (Wildman–Crippen LogP) is 0.723. The van der Waals surface area contributed by atoms with E-state index in [0.29, 0.717) is 18.7 Å². The van der Waals surface area contributed by atoms with Gasteiger partial charge < -0.3 is 15.4 Å². The van der Waals surface area contributed by atoms with E-state index in [1.807, 2.05) is 0 Å². The SMILES string of the molecule is CC(O)CCN(C)C(=O)c1cc(NN)ccc1[N+](=O)[O-]. The molecule has 20 heavy (non-hydrogen) atoms. The second-order valence-corrected chi connectivity index (χ2v) is 4.50. The molecule has 1 atom stereocenters. The van der Waals surface area contributed by atoms with E-state index < -0.39 is 16.9 Å². The molecule has 1 rings (SSSR count). The Hall–Kier alpha value is -2.19. The minimum atomic E-state index is -0.615. The maximum absolute atomic E-state index is 12.2. The number of benzene rings is 1. The van der Waals surface area contributed by atoms with E-state index in [9.17, 15) is 20.0 Å². The van der Waals surface area contributed by atoms with Gasteiger partial charge in [0.1, 0.15) is 5.56 Å². The van der Waals surface area contributed by atoms with Gasteiger partial charge >= 0.3 is 0 Å². The molecule has 1 aromatic rings. The molecular weight excluding hydrogens is 264 g/mol. The van der Waals surface area contributed by atoms with Crippen LogP contribution < -0.4 is 11.3 Å². The maximum atomic E-state index is 12.2. The van der Waals surface area contributed by atoms with Gasteiger partial charge in [-0.3, -0.25) is 20.8 Å². The summed E-state index contributed by atoms with van der Waals surface area (Å²) < 4.78 is 0. The lowest BCUT2D eigenvalue weighted by molar-refractivity contribution is -0.385. The standard InChI is InChI=1S/C12H18N4O4/c1-8(17)5-6-15(2)12(18)10-7-9(14-13)3-4-11(10)16(19)20/h3-4,7-8,14,17H,5-6,13H2,1-2H3. The van der Waals surface area contributed by atoms with Gasteiger partial charge in [-0.25, -0.2) is 0 Å². The highest BCUT2D eigenvalue weighted by Gasteiger charge is 2.23. The van der Waals surface area contributed by atoms with Crippen molar-refractivity contribution in [3.8, 4) is 0 Å². The van der Waals surface area contributed by atoms with Gasteiger partial charge in [0.2, 0.25) is 0 Å². The fraction of sp³-hybridized carbons (Fsp3) is 0.417. The lowest BCUT2D eigenvalue weighted by atomic mass is 10.1. The van der Waals surface area contributed by atoms with Gasteiger partial charge in [-0.05, 0) is 25.5 Å². The summed E-state index contributed by atoms with van der Waals surface area (Å²) in [4.78, 5) is 23.9. The fourth-order valence-corrected chi connectivity index (χ4v) is 1.64. The number of nitrogens with one attached hydrogen (secondary N) is 1. The minimum absolute atomic E-state index is 0.0430. The highest BCUT2D eigenvalue weighted by molar-refractivity contribution is 5.99. The van der Waals surface area contributed by atoms with Gasteiger partial charge in [-0.2, -0.15) is 0 Å². The Morgan fingerprint density at radius 1 is 1.60 bits per heavy atom. The molecule has 0 aromatic heterocycles. The number of nitrogen functional groups attached to an aromatic ring is 1. The number of nitrogens with two attached hydrogens (primary N) is 1. The van der Waals surface area contributed by atoms with Gasteiger partial charge in [0.05, 0.1) is 11.0 Å². The number of hydrogen-bond acceptors (Lipinski definition) is 6. The summed E-state index contributed by atoms with van der Waals surface area (Å²) in [6.45, 7) is 1.91. The molecule has 0 spiro atoms. The van der Waals surface area contributed by atoms with Crippen LogP contribution in [0.5, 0.6) is 0 Å². The van der Waals surface area contributed by atoms with Gasteiger partial charge in [0.15, 0.2) is 0 Å². The van der Waals surface area contributed by atoms with Crippen molar-refractivity contribution in [3.63, 3.8) is 0 Å². The maximum Gasteiger partial charge on any atom is 0.282 e. The van der Waals surface area contributed by atoms with Crippen LogP contribution in [0, 0.1) is 10.1 Å². The van der Waals surface area contributed by atoms with Crippen molar-refractivity contribution in [3.05, 3.63) is 33.9 Å². The molecule has 1 unspecified atom stereocenters. The molecule has 1 aromatic carbocycles. The van der Waals surface area contributed by atoms with Crippen LogP contribution in [0.15, 0.2) is 18.2 Å². The van der Waals surface area contributed by atoms with Crippen molar-refractivity contribution in [2.45, 2.75) is 19.4 Å². The summed E-state index contributed by atoms with van der Waals surface area (Å²) in [5.74, 6) is 4.75. The Morgan fingerprint density at radius 2 is 2.25 bits per heavy atom. The van der Waals surface area contributed by atoms with Crippen molar-refractivity contribution in [1.29, 1.82) is 0 Å². The van der Waals surface area contributed by atoms with Gasteiger partial charge in [-0.1, -0.05) is 0 Å². The Bertz CT molecular complexity index is 504. The number of nitrogens with zero attached hydrogens (tertiary/aromatic N) is 2. The molecule has 4 N–H and O–H groups in total. The second kappa shape index (κ2) is 6.83. The predicted molar refractivity (Wildman–Crippen MR) is 74.2 cm³/mol. The van der Waals surface area contributed by atoms with Crippen molar-refractivity contribution in [2.75, 3.05) is 19.0 Å². The number of anilines is 1. The second-order valence-electron chi connectivity index (χ2n) is 4.50. The van der Waals surface area contributed by atoms with Crippen LogP contribution in [0.4, 0.5) is 11.4 Å². The molecule has 0 aliphatic rings. The van der Waals surface area contributed by atoms with Crippen molar-refractivity contribution >= 4 is 17.3 Å². The van der Waals surface area contributed by atoms with Gasteiger partial charge in [0.25, 0.3) is 11.6 Å². The first-order valence-corrected chi connectivity index (χ1v) is 6.05. The molecule has 0 aliphatic carbocycles. The number of amides is 1. The third-order valence-corrected chi connectivity index (χ3v) is 2.82. The average Bonchev–Trinajstić information content (AvgIpc) is 2.42. The first kappa shape index (κ1) is 15.9. The number of hydrogen-bond donors (Lipinski definition) is 3. The van der Waals surface area contributed by atoms with Crippen molar-refractivity contribution < 1.29 is 14.8 Å². The van der Waals surface area contributed by atoms with Crippen LogP contribution in [0.3, 0.4) is 0 Å². The molecule has 0 heterocycles. The smallest absolute Gasteiger partial charge is 0.282 e. The number of aliphatic hydroxyl groups excluding tert-OH is 1. The van der Waals surface area contributed by atoms with E-state index >= 15 is 0 Å². The van der Waals surface area contributed by atoms with E-state index in [0.717, 1.165) is 0 Å². The summed E-state index contributed by atoms with van der Waals surface area (Å²) >= 11 is 0. The molecule has 0 saturated heterocycles. The third kappa shape index (κ3) is 3.90. The monoisotopic (exact) mass is 282 g/mol. The molecule has 0 saturated carbocycles. The van der Waals surface area contributed by atoms with Gasteiger partial charge in [0, 0.05) is 25.3 Å². The summed E-state index contributed by atoms with van der Waals surface area (Å²) in [5.41, 5.74) is 2.43.